The van der Waals surface area contributed by atoms with Crippen molar-refractivity contribution in [2.75, 3.05) is 6.61 Å². The van der Waals surface area contributed by atoms with Crippen molar-refractivity contribution in [3.8, 4) is 11.5 Å². The number of rotatable bonds is 9. The number of hydrogen-bond donors (Lipinski definition) is 1. The highest BCUT2D eigenvalue weighted by Gasteiger charge is 2.12. The summed E-state index contributed by atoms with van der Waals surface area (Å²) >= 11 is 9.85. The zero-order chi connectivity index (χ0) is 18.2. The Morgan fingerprint density at radius 2 is 1.80 bits per heavy atom. The van der Waals surface area contributed by atoms with Gasteiger partial charge in [0.15, 0.2) is 11.5 Å². The van der Waals surface area contributed by atoms with Crippen LogP contribution < -0.4 is 14.8 Å². The Hall–Kier alpha value is -1.23. The summed E-state index contributed by atoms with van der Waals surface area (Å²) in [6.07, 6.45) is 1.09. The lowest BCUT2D eigenvalue weighted by atomic mass is 10.1. The molecule has 1 unspecified atom stereocenters. The van der Waals surface area contributed by atoms with Crippen LogP contribution in [0.15, 0.2) is 40.9 Å². The number of nitrogens with one attached hydrogen (secondary N) is 1. The molecule has 2 rings (SSSR count). The Morgan fingerprint density at radius 3 is 2.48 bits per heavy atom. The van der Waals surface area contributed by atoms with E-state index in [1.54, 1.807) is 0 Å². The highest BCUT2D eigenvalue weighted by Crippen LogP contribution is 2.35. The molecule has 5 heteroatoms. The molecule has 0 amide bonds. The molecule has 0 bridgehead atoms. The molecular formula is C20H25BrClNO2. The molecule has 0 radical (unpaired) electrons. The van der Waals surface area contributed by atoms with E-state index < -0.39 is 0 Å². The fraction of sp³-hybridized carbons (Fsp3) is 0.400. The Bertz CT molecular complexity index is 693. The van der Waals surface area contributed by atoms with Crippen LogP contribution in [0.2, 0.25) is 5.02 Å². The zero-order valence-corrected chi connectivity index (χ0v) is 17.3. The third-order valence-electron chi connectivity index (χ3n) is 4.01. The van der Waals surface area contributed by atoms with Crippen molar-refractivity contribution in [1.82, 2.24) is 5.32 Å². The average Bonchev–Trinajstić information content (AvgIpc) is 2.61. The van der Waals surface area contributed by atoms with Crippen LogP contribution in [0.5, 0.6) is 11.5 Å². The molecule has 0 saturated heterocycles. The number of hydrogen-bond acceptors (Lipinski definition) is 3. The van der Waals surface area contributed by atoms with E-state index in [0.29, 0.717) is 30.0 Å². The van der Waals surface area contributed by atoms with Crippen LogP contribution in [-0.2, 0) is 13.2 Å². The van der Waals surface area contributed by atoms with E-state index in [9.17, 15) is 0 Å². The van der Waals surface area contributed by atoms with Crippen molar-refractivity contribution in [3.05, 3.63) is 57.0 Å². The van der Waals surface area contributed by atoms with Crippen LogP contribution in [0.3, 0.4) is 0 Å². The lowest BCUT2D eigenvalue weighted by molar-refractivity contribution is 0.269. The van der Waals surface area contributed by atoms with E-state index in [-0.39, 0.29) is 0 Å². The number of benzene rings is 2. The average molecular weight is 427 g/mol. The maximum Gasteiger partial charge on any atom is 0.162 e. The van der Waals surface area contributed by atoms with Gasteiger partial charge in [-0.15, -0.1) is 0 Å². The van der Waals surface area contributed by atoms with Crippen molar-refractivity contribution in [2.45, 2.75) is 46.4 Å². The maximum atomic E-state index is 6.20. The van der Waals surface area contributed by atoms with E-state index >= 15 is 0 Å². The van der Waals surface area contributed by atoms with Gasteiger partial charge in [0.1, 0.15) is 6.61 Å². The summed E-state index contributed by atoms with van der Waals surface area (Å²) in [4.78, 5) is 0. The molecule has 0 aliphatic heterocycles. The minimum absolute atomic E-state index is 0.399. The molecule has 0 heterocycles. The third-order valence-corrected chi connectivity index (χ3v) is 5.11. The molecule has 2 aromatic rings. The smallest absolute Gasteiger partial charge is 0.162 e. The Labute approximate surface area is 163 Å². The van der Waals surface area contributed by atoms with Gasteiger partial charge < -0.3 is 14.8 Å². The minimum Gasteiger partial charge on any atom is -0.490 e. The Balaban J connectivity index is 2.16. The van der Waals surface area contributed by atoms with E-state index in [1.165, 1.54) is 0 Å². The highest BCUT2D eigenvalue weighted by atomic mass is 79.9. The summed E-state index contributed by atoms with van der Waals surface area (Å²) < 4.78 is 12.8. The SMILES string of the molecule is CCOc1cc(CNC(C)CC)c(Br)cc1OCc1ccccc1Cl. The normalized spacial score (nSPS) is 12.0. The molecule has 25 heavy (non-hydrogen) atoms. The second-order valence-corrected chi connectivity index (χ2v) is 7.16. The zero-order valence-electron chi connectivity index (χ0n) is 14.9. The van der Waals surface area contributed by atoms with Crippen LogP contribution in [0.25, 0.3) is 0 Å². The summed E-state index contributed by atoms with van der Waals surface area (Å²) in [5.41, 5.74) is 2.10. The van der Waals surface area contributed by atoms with Crippen molar-refractivity contribution in [2.24, 2.45) is 0 Å². The van der Waals surface area contributed by atoms with Crippen molar-refractivity contribution < 1.29 is 9.47 Å². The van der Waals surface area contributed by atoms with Crippen LogP contribution in [-0.4, -0.2) is 12.6 Å². The van der Waals surface area contributed by atoms with Crippen molar-refractivity contribution in [3.63, 3.8) is 0 Å². The summed E-state index contributed by atoms with van der Waals surface area (Å²) in [5.74, 6) is 1.46. The lowest BCUT2D eigenvalue weighted by Gasteiger charge is -2.17. The lowest BCUT2D eigenvalue weighted by Crippen LogP contribution is -2.24. The Morgan fingerprint density at radius 1 is 1.08 bits per heavy atom. The predicted molar refractivity (Wildman–Crippen MR) is 108 cm³/mol. The fourth-order valence-electron chi connectivity index (χ4n) is 2.29. The quantitative estimate of drug-likeness (QED) is 0.536. The second kappa shape index (κ2) is 10.0. The number of ether oxygens (including phenoxy) is 2. The molecule has 136 valence electrons. The molecule has 2 aromatic carbocycles. The van der Waals surface area contributed by atoms with E-state index in [4.69, 9.17) is 21.1 Å². The molecule has 1 atom stereocenters. The molecule has 1 N–H and O–H groups in total. The van der Waals surface area contributed by atoms with Gasteiger partial charge in [0.25, 0.3) is 0 Å². The van der Waals surface area contributed by atoms with Gasteiger partial charge in [-0.25, -0.2) is 0 Å². The van der Waals surface area contributed by atoms with Crippen LogP contribution in [0.4, 0.5) is 0 Å². The molecule has 3 nitrogen and oxygen atoms in total. The predicted octanol–water partition coefficient (Wildman–Crippen LogP) is 5.97. The number of halogens is 2. The summed E-state index contributed by atoms with van der Waals surface area (Å²) in [6.45, 7) is 8.08. The van der Waals surface area contributed by atoms with Crippen LogP contribution in [0.1, 0.15) is 38.3 Å². The largest absolute Gasteiger partial charge is 0.490 e. The summed E-state index contributed by atoms with van der Waals surface area (Å²) in [5, 5.41) is 4.20. The molecule has 0 fully saturated rings. The molecule has 0 aromatic heterocycles. The van der Waals surface area contributed by atoms with Crippen LogP contribution >= 0.6 is 27.5 Å². The topological polar surface area (TPSA) is 30.5 Å². The van der Waals surface area contributed by atoms with Crippen molar-refractivity contribution >= 4 is 27.5 Å². The van der Waals surface area contributed by atoms with E-state index in [2.05, 4.69) is 35.1 Å². The maximum absolute atomic E-state index is 6.20. The van der Waals surface area contributed by atoms with Gasteiger partial charge in [-0.1, -0.05) is 52.7 Å². The Kier molecular flexibility index (Phi) is 8.07. The van der Waals surface area contributed by atoms with Gasteiger partial charge in [0.2, 0.25) is 0 Å². The van der Waals surface area contributed by atoms with Gasteiger partial charge in [-0.05, 0) is 44.0 Å². The monoisotopic (exact) mass is 425 g/mol. The third kappa shape index (κ3) is 5.91. The molecule has 0 spiro atoms. The van der Waals surface area contributed by atoms with Crippen molar-refractivity contribution in [1.29, 1.82) is 0 Å². The second-order valence-electron chi connectivity index (χ2n) is 5.89. The molecule has 0 saturated carbocycles. The van der Waals surface area contributed by atoms with Gasteiger partial charge in [-0.3, -0.25) is 0 Å². The first-order valence-electron chi connectivity index (χ1n) is 8.59. The standard InChI is InChI=1S/C20H25BrClNO2/c1-4-14(3)23-12-16-10-19(24-5-2)20(11-17(16)21)25-13-15-8-6-7-9-18(15)22/h6-11,14,23H,4-5,12-13H2,1-3H3. The molecule has 0 aliphatic rings. The first-order chi connectivity index (χ1) is 12.0. The van der Waals surface area contributed by atoms with Gasteiger partial charge in [0.05, 0.1) is 6.61 Å². The summed E-state index contributed by atoms with van der Waals surface area (Å²) in [7, 11) is 0. The van der Waals surface area contributed by atoms with E-state index in [1.807, 2.05) is 43.3 Å². The molecular weight excluding hydrogens is 402 g/mol. The van der Waals surface area contributed by atoms with E-state index in [0.717, 1.165) is 34.3 Å². The first-order valence-corrected chi connectivity index (χ1v) is 9.77. The minimum atomic E-state index is 0.399. The van der Waals surface area contributed by atoms with Gasteiger partial charge >= 0.3 is 0 Å². The highest BCUT2D eigenvalue weighted by molar-refractivity contribution is 9.10. The fourth-order valence-corrected chi connectivity index (χ4v) is 2.95. The summed E-state index contributed by atoms with van der Waals surface area (Å²) in [6, 6.07) is 12.2. The van der Waals surface area contributed by atoms with Crippen LogP contribution in [0, 0.1) is 0 Å². The van der Waals surface area contributed by atoms with Gasteiger partial charge in [0, 0.05) is 27.6 Å². The first kappa shape index (κ1) is 20.1. The molecule has 0 aliphatic carbocycles. The van der Waals surface area contributed by atoms with Gasteiger partial charge in [-0.2, -0.15) is 0 Å².